The summed E-state index contributed by atoms with van der Waals surface area (Å²) in [7, 11) is -3.17. The van der Waals surface area contributed by atoms with E-state index in [0.29, 0.717) is 5.92 Å². The summed E-state index contributed by atoms with van der Waals surface area (Å²) in [6.45, 7) is 4.34. The lowest BCUT2D eigenvalue weighted by atomic mass is 9.86. The molecule has 3 rings (SSSR count). The highest BCUT2D eigenvalue weighted by atomic mass is 32.2. The third kappa shape index (κ3) is 5.97. The Kier molecular flexibility index (Phi) is 6.97. The van der Waals surface area contributed by atoms with Gasteiger partial charge in [-0.1, -0.05) is 18.2 Å². The highest BCUT2D eigenvalue weighted by molar-refractivity contribution is 7.90. The van der Waals surface area contributed by atoms with Crippen molar-refractivity contribution in [3.05, 3.63) is 54.6 Å². The van der Waals surface area contributed by atoms with Gasteiger partial charge in [-0.25, -0.2) is 13.1 Å². The van der Waals surface area contributed by atoms with E-state index >= 15 is 0 Å². The first-order valence-electron chi connectivity index (χ1n) is 10.0. The number of nitrogens with one attached hydrogen (secondary N) is 2. The van der Waals surface area contributed by atoms with Crippen LogP contribution in [0, 0.1) is 5.92 Å². The molecule has 0 saturated heterocycles. The number of rotatable bonds is 8. The Morgan fingerprint density at radius 1 is 0.929 bits per heavy atom. The molecule has 2 N–H and O–H groups in total. The molecule has 0 bridgehead atoms. The van der Waals surface area contributed by atoms with Crippen molar-refractivity contribution in [1.29, 1.82) is 0 Å². The summed E-state index contributed by atoms with van der Waals surface area (Å²) < 4.78 is 32.7. The van der Waals surface area contributed by atoms with Crippen molar-refractivity contribution in [2.75, 3.05) is 11.9 Å². The molecule has 6 heteroatoms. The lowest BCUT2D eigenvalue weighted by molar-refractivity contribution is 0.323. The fourth-order valence-electron chi connectivity index (χ4n) is 3.38. The average molecular weight is 403 g/mol. The maximum Gasteiger partial charge on any atom is 0.214 e. The molecule has 1 aliphatic rings. The standard InChI is InChI=1S/C22H30N2O3S/c1-17(2)28(25,26)24-20-10-8-18(9-11-20)16-23-19-12-14-22(15-13-19)27-21-6-4-3-5-7-21/h3-7,12-15,17-18,20,23-24H,8-11,16H2,1-2H3. The van der Waals surface area contributed by atoms with E-state index in [0.717, 1.165) is 49.4 Å². The molecule has 1 fully saturated rings. The van der Waals surface area contributed by atoms with Crippen molar-refractivity contribution in [2.45, 2.75) is 50.8 Å². The van der Waals surface area contributed by atoms with E-state index in [1.165, 1.54) is 0 Å². The van der Waals surface area contributed by atoms with Crippen LogP contribution in [0.5, 0.6) is 11.5 Å². The molecule has 1 saturated carbocycles. The molecule has 0 heterocycles. The lowest BCUT2D eigenvalue weighted by Gasteiger charge is -2.29. The van der Waals surface area contributed by atoms with Crippen molar-refractivity contribution in [1.82, 2.24) is 4.72 Å². The van der Waals surface area contributed by atoms with Crippen molar-refractivity contribution in [3.63, 3.8) is 0 Å². The van der Waals surface area contributed by atoms with Crippen molar-refractivity contribution in [3.8, 4) is 11.5 Å². The Hall–Kier alpha value is -2.05. The van der Waals surface area contributed by atoms with E-state index in [4.69, 9.17) is 4.74 Å². The molecule has 0 aromatic heterocycles. The highest BCUT2D eigenvalue weighted by Crippen LogP contribution is 2.27. The third-order valence-electron chi connectivity index (χ3n) is 5.23. The molecule has 0 unspecified atom stereocenters. The largest absolute Gasteiger partial charge is 0.457 e. The van der Waals surface area contributed by atoms with Gasteiger partial charge in [0.05, 0.1) is 5.25 Å². The van der Waals surface area contributed by atoms with Crippen LogP contribution >= 0.6 is 0 Å². The monoisotopic (exact) mass is 402 g/mol. The van der Waals surface area contributed by atoms with Gasteiger partial charge in [0.1, 0.15) is 11.5 Å². The second-order valence-corrected chi connectivity index (χ2v) is 10.0. The Morgan fingerprint density at radius 3 is 2.14 bits per heavy atom. The summed E-state index contributed by atoms with van der Waals surface area (Å²) in [6.07, 6.45) is 3.88. The normalized spacial score (nSPS) is 20.1. The van der Waals surface area contributed by atoms with Crippen LogP contribution in [0.2, 0.25) is 0 Å². The van der Waals surface area contributed by atoms with Crippen molar-refractivity contribution >= 4 is 15.7 Å². The van der Waals surface area contributed by atoms with Gasteiger partial charge in [0.25, 0.3) is 0 Å². The van der Waals surface area contributed by atoms with Crippen LogP contribution in [0.4, 0.5) is 5.69 Å². The number of anilines is 1. The lowest BCUT2D eigenvalue weighted by Crippen LogP contribution is -2.41. The van der Waals surface area contributed by atoms with E-state index in [1.807, 2.05) is 54.6 Å². The van der Waals surface area contributed by atoms with Crippen molar-refractivity contribution in [2.24, 2.45) is 5.92 Å². The van der Waals surface area contributed by atoms with Crippen LogP contribution in [0.15, 0.2) is 54.6 Å². The van der Waals surface area contributed by atoms with Gasteiger partial charge in [-0.2, -0.15) is 0 Å². The SMILES string of the molecule is CC(C)S(=O)(=O)NC1CCC(CNc2ccc(Oc3ccccc3)cc2)CC1. The minimum atomic E-state index is -3.17. The molecule has 2 aromatic carbocycles. The molecule has 0 spiro atoms. The maximum atomic E-state index is 12.0. The third-order valence-corrected chi connectivity index (χ3v) is 7.13. The Balaban J connectivity index is 1.42. The zero-order valence-corrected chi connectivity index (χ0v) is 17.4. The minimum absolute atomic E-state index is 0.0815. The van der Waals surface area contributed by atoms with Gasteiger partial charge in [0, 0.05) is 18.3 Å². The van der Waals surface area contributed by atoms with Gasteiger partial charge >= 0.3 is 0 Å². The zero-order valence-electron chi connectivity index (χ0n) is 16.6. The Labute approximate surface area is 168 Å². The van der Waals surface area contributed by atoms with Crippen LogP contribution in [-0.4, -0.2) is 26.3 Å². The van der Waals surface area contributed by atoms with Gasteiger partial charge in [-0.15, -0.1) is 0 Å². The summed E-state index contributed by atoms with van der Waals surface area (Å²) in [5.74, 6) is 2.21. The fraction of sp³-hybridized carbons (Fsp3) is 0.455. The molecule has 0 radical (unpaired) electrons. The number of hydrogen-bond donors (Lipinski definition) is 2. The molecule has 5 nitrogen and oxygen atoms in total. The number of sulfonamides is 1. The first-order chi connectivity index (χ1) is 13.4. The minimum Gasteiger partial charge on any atom is -0.457 e. The summed E-state index contributed by atoms with van der Waals surface area (Å²) in [4.78, 5) is 0. The Bertz CT molecular complexity index is 828. The summed E-state index contributed by atoms with van der Waals surface area (Å²) in [5, 5.41) is 3.12. The predicted octanol–water partition coefficient (Wildman–Crippen LogP) is 4.78. The van der Waals surface area contributed by atoms with Crippen LogP contribution in [0.3, 0.4) is 0 Å². The zero-order chi connectivity index (χ0) is 20.0. The average Bonchev–Trinajstić information content (AvgIpc) is 2.69. The predicted molar refractivity (Wildman–Crippen MR) is 114 cm³/mol. The van der Waals surface area contributed by atoms with Crippen molar-refractivity contribution < 1.29 is 13.2 Å². The highest BCUT2D eigenvalue weighted by Gasteiger charge is 2.26. The first kappa shape index (κ1) is 20.7. The molecule has 152 valence electrons. The van der Waals surface area contributed by atoms with E-state index in [9.17, 15) is 8.42 Å². The molecular formula is C22H30N2O3S. The van der Waals surface area contributed by atoms with Gasteiger partial charge < -0.3 is 10.1 Å². The quantitative estimate of drug-likeness (QED) is 0.667. The molecular weight excluding hydrogens is 372 g/mol. The van der Waals surface area contributed by atoms with Crippen LogP contribution in [0.1, 0.15) is 39.5 Å². The van der Waals surface area contributed by atoms with E-state index < -0.39 is 10.0 Å². The van der Waals surface area contributed by atoms with Gasteiger partial charge in [-0.3, -0.25) is 0 Å². The van der Waals surface area contributed by atoms with Crippen LogP contribution in [-0.2, 0) is 10.0 Å². The fourth-order valence-corrected chi connectivity index (χ4v) is 4.35. The number of ether oxygens (including phenoxy) is 1. The molecule has 28 heavy (non-hydrogen) atoms. The number of para-hydroxylation sites is 1. The van der Waals surface area contributed by atoms with E-state index in [-0.39, 0.29) is 11.3 Å². The van der Waals surface area contributed by atoms with Gasteiger partial charge in [0.2, 0.25) is 10.0 Å². The molecule has 2 aromatic rings. The number of hydrogen-bond acceptors (Lipinski definition) is 4. The number of benzene rings is 2. The Morgan fingerprint density at radius 2 is 1.54 bits per heavy atom. The second-order valence-electron chi connectivity index (χ2n) is 7.75. The second kappa shape index (κ2) is 9.43. The smallest absolute Gasteiger partial charge is 0.214 e. The van der Waals surface area contributed by atoms with Crippen LogP contribution < -0.4 is 14.8 Å². The van der Waals surface area contributed by atoms with E-state index in [2.05, 4.69) is 10.0 Å². The summed E-state index contributed by atoms with van der Waals surface area (Å²) in [5.41, 5.74) is 1.07. The van der Waals surface area contributed by atoms with Gasteiger partial charge in [-0.05, 0) is 81.8 Å². The molecule has 0 amide bonds. The molecule has 0 atom stereocenters. The van der Waals surface area contributed by atoms with E-state index in [1.54, 1.807) is 13.8 Å². The first-order valence-corrected chi connectivity index (χ1v) is 11.5. The maximum absolute atomic E-state index is 12.0. The summed E-state index contributed by atoms with van der Waals surface area (Å²) in [6, 6.07) is 17.8. The molecule has 0 aliphatic heterocycles. The van der Waals surface area contributed by atoms with Gasteiger partial charge in [0.15, 0.2) is 0 Å². The summed E-state index contributed by atoms with van der Waals surface area (Å²) >= 11 is 0. The van der Waals surface area contributed by atoms with Crippen LogP contribution in [0.25, 0.3) is 0 Å². The molecule has 1 aliphatic carbocycles. The topological polar surface area (TPSA) is 67.4 Å².